The number of hydrogen-bond donors (Lipinski definition) is 0. The number of benzene rings is 9. The highest BCUT2D eigenvalue weighted by Crippen LogP contribution is 2.40. The molecule has 2 nitrogen and oxygen atoms in total. The van der Waals surface area contributed by atoms with Crippen LogP contribution in [-0.4, -0.2) is 9.97 Å². The number of nitrogens with zero attached hydrogens (tertiary/aromatic N) is 2. The van der Waals surface area contributed by atoms with Gasteiger partial charge in [0.2, 0.25) is 0 Å². The van der Waals surface area contributed by atoms with E-state index < -0.39 is 0 Å². The number of rotatable bonds is 3. The SMILES string of the molecule is c1ccc2cc(-c3ccc4c(ccc5cc(-c6ccc7cc(-c8cnc9c(ccc%10cccnc%109)c8)ccc7c6)c6ccccc6c54)c3)ccc2c1. The molecule has 0 fully saturated rings. The van der Waals surface area contributed by atoms with Crippen molar-refractivity contribution < 1.29 is 0 Å². The Morgan fingerprint density at radius 1 is 0.288 bits per heavy atom. The molecule has 0 radical (unpaired) electrons. The Bertz CT molecular complexity index is 3250. The minimum Gasteiger partial charge on any atom is -0.254 e. The van der Waals surface area contributed by atoms with Crippen LogP contribution < -0.4 is 0 Å². The fourth-order valence-corrected chi connectivity index (χ4v) is 8.21. The van der Waals surface area contributed by atoms with Gasteiger partial charge in [-0.3, -0.25) is 9.97 Å². The second-order valence-corrected chi connectivity index (χ2v) is 13.8. The zero-order chi connectivity index (χ0) is 34.2. The fourth-order valence-electron chi connectivity index (χ4n) is 8.21. The molecule has 2 heteroatoms. The average molecular weight is 659 g/mol. The van der Waals surface area contributed by atoms with Crippen molar-refractivity contribution in [1.82, 2.24) is 9.97 Å². The average Bonchev–Trinajstić information content (AvgIpc) is 3.22. The van der Waals surface area contributed by atoms with Crippen LogP contribution in [0.3, 0.4) is 0 Å². The van der Waals surface area contributed by atoms with Gasteiger partial charge in [-0.05, 0) is 124 Å². The lowest BCUT2D eigenvalue weighted by atomic mass is 9.89. The molecule has 0 unspecified atom stereocenters. The van der Waals surface area contributed by atoms with Gasteiger partial charge < -0.3 is 0 Å². The number of aromatic nitrogens is 2. The lowest BCUT2D eigenvalue weighted by molar-refractivity contribution is 1.37. The first-order valence-electron chi connectivity index (χ1n) is 17.8. The first-order chi connectivity index (χ1) is 25.7. The zero-order valence-electron chi connectivity index (χ0n) is 28.2. The van der Waals surface area contributed by atoms with Crippen molar-refractivity contribution in [3.63, 3.8) is 0 Å². The Morgan fingerprint density at radius 2 is 0.827 bits per heavy atom. The van der Waals surface area contributed by atoms with Gasteiger partial charge in [-0.2, -0.15) is 0 Å². The van der Waals surface area contributed by atoms with Gasteiger partial charge in [-0.25, -0.2) is 0 Å². The van der Waals surface area contributed by atoms with Crippen LogP contribution >= 0.6 is 0 Å². The summed E-state index contributed by atoms with van der Waals surface area (Å²) in [6.07, 6.45) is 3.81. The first-order valence-corrected chi connectivity index (χ1v) is 17.8. The van der Waals surface area contributed by atoms with Gasteiger partial charge in [-0.1, -0.05) is 127 Å². The van der Waals surface area contributed by atoms with E-state index in [-0.39, 0.29) is 0 Å². The molecule has 0 amide bonds. The predicted octanol–water partition coefficient (Wildman–Crippen LogP) is 13.5. The van der Waals surface area contributed by atoms with Crippen molar-refractivity contribution in [2.45, 2.75) is 0 Å². The summed E-state index contributed by atoms with van der Waals surface area (Å²) >= 11 is 0. The molecule has 0 bridgehead atoms. The van der Waals surface area contributed by atoms with Crippen LogP contribution in [0.15, 0.2) is 182 Å². The molecule has 0 aliphatic carbocycles. The van der Waals surface area contributed by atoms with Crippen LogP contribution in [-0.2, 0) is 0 Å². The van der Waals surface area contributed by atoms with E-state index in [2.05, 4.69) is 169 Å². The molecule has 9 aromatic carbocycles. The molecule has 240 valence electrons. The van der Waals surface area contributed by atoms with Gasteiger partial charge in [0.1, 0.15) is 0 Å². The summed E-state index contributed by atoms with van der Waals surface area (Å²) in [6, 6.07) is 62.2. The molecule has 52 heavy (non-hydrogen) atoms. The van der Waals surface area contributed by atoms with Crippen molar-refractivity contribution >= 4 is 75.7 Å². The molecule has 0 aliphatic rings. The third kappa shape index (κ3) is 4.58. The highest BCUT2D eigenvalue weighted by atomic mass is 14.7. The van der Waals surface area contributed by atoms with Crippen LogP contribution in [0, 0.1) is 0 Å². The highest BCUT2D eigenvalue weighted by molar-refractivity contribution is 6.23. The summed E-state index contributed by atoms with van der Waals surface area (Å²) in [5.41, 5.74) is 9.09. The molecule has 0 aliphatic heterocycles. The number of hydrogen-bond acceptors (Lipinski definition) is 2. The Balaban J connectivity index is 0.994. The highest BCUT2D eigenvalue weighted by Gasteiger charge is 2.13. The van der Waals surface area contributed by atoms with E-state index in [1.807, 2.05) is 18.5 Å². The summed E-state index contributed by atoms with van der Waals surface area (Å²) in [6.45, 7) is 0. The third-order valence-electron chi connectivity index (χ3n) is 10.8. The Hall–Kier alpha value is -6.90. The minimum atomic E-state index is 0.939. The molecule has 11 rings (SSSR count). The maximum absolute atomic E-state index is 4.86. The molecular weight excluding hydrogens is 629 g/mol. The standard InChI is InChI=1S/C50H30N2/c1-2-7-33-24-34(13-11-31(33)6-1)37-21-22-44-39(26-37)18-19-41-29-47(45-9-3-4-10-46(45)48(41)44)40-17-16-35-25-38(15-14-36(35)27-40)43-28-42-20-12-32-8-5-23-51-49(32)50(42)52-30-43/h1-30H. The topological polar surface area (TPSA) is 25.8 Å². The molecule has 0 saturated carbocycles. The summed E-state index contributed by atoms with van der Waals surface area (Å²) in [7, 11) is 0. The molecule has 0 spiro atoms. The van der Waals surface area contributed by atoms with Crippen molar-refractivity contribution in [2.24, 2.45) is 0 Å². The second-order valence-electron chi connectivity index (χ2n) is 13.8. The van der Waals surface area contributed by atoms with E-state index in [9.17, 15) is 0 Å². The minimum absolute atomic E-state index is 0.939. The van der Waals surface area contributed by atoms with Crippen molar-refractivity contribution in [1.29, 1.82) is 0 Å². The van der Waals surface area contributed by atoms with Crippen molar-refractivity contribution in [2.75, 3.05) is 0 Å². The number of pyridine rings is 2. The molecule has 0 saturated heterocycles. The Labute approximate surface area is 300 Å². The van der Waals surface area contributed by atoms with Gasteiger partial charge in [-0.15, -0.1) is 0 Å². The lowest BCUT2D eigenvalue weighted by Crippen LogP contribution is -1.88. The quantitative estimate of drug-likeness (QED) is 0.177. The Kier molecular flexibility index (Phi) is 6.28. The van der Waals surface area contributed by atoms with Crippen LogP contribution in [0.5, 0.6) is 0 Å². The van der Waals surface area contributed by atoms with E-state index in [4.69, 9.17) is 4.98 Å². The predicted molar refractivity (Wildman–Crippen MR) is 221 cm³/mol. The van der Waals surface area contributed by atoms with E-state index in [1.54, 1.807) is 0 Å². The normalized spacial score (nSPS) is 11.8. The van der Waals surface area contributed by atoms with E-state index >= 15 is 0 Å². The molecule has 2 aromatic heterocycles. The molecule has 11 aromatic rings. The van der Waals surface area contributed by atoms with Crippen LogP contribution in [0.4, 0.5) is 0 Å². The van der Waals surface area contributed by atoms with Crippen LogP contribution in [0.25, 0.3) is 109 Å². The lowest BCUT2D eigenvalue weighted by Gasteiger charge is -2.15. The van der Waals surface area contributed by atoms with Crippen LogP contribution in [0.1, 0.15) is 0 Å². The first kappa shape index (κ1) is 28.9. The van der Waals surface area contributed by atoms with Gasteiger partial charge in [0.05, 0.1) is 11.0 Å². The van der Waals surface area contributed by atoms with E-state index in [1.165, 1.54) is 76.1 Å². The summed E-state index contributed by atoms with van der Waals surface area (Å²) in [5, 5.41) is 14.8. The molecule has 0 N–H and O–H groups in total. The van der Waals surface area contributed by atoms with Crippen LogP contribution in [0.2, 0.25) is 0 Å². The summed E-state index contributed by atoms with van der Waals surface area (Å²) < 4.78 is 0. The maximum atomic E-state index is 4.86. The summed E-state index contributed by atoms with van der Waals surface area (Å²) in [5.74, 6) is 0. The zero-order valence-corrected chi connectivity index (χ0v) is 28.2. The maximum Gasteiger partial charge on any atom is 0.0964 e. The van der Waals surface area contributed by atoms with Gasteiger partial charge in [0.25, 0.3) is 0 Å². The van der Waals surface area contributed by atoms with Gasteiger partial charge in [0.15, 0.2) is 0 Å². The van der Waals surface area contributed by atoms with Crippen molar-refractivity contribution in [3.05, 3.63) is 182 Å². The third-order valence-corrected chi connectivity index (χ3v) is 10.8. The van der Waals surface area contributed by atoms with Crippen molar-refractivity contribution in [3.8, 4) is 33.4 Å². The molecular formula is C50H30N2. The second kappa shape index (κ2) is 11.3. The van der Waals surface area contributed by atoms with Gasteiger partial charge in [0, 0.05) is 28.7 Å². The van der Waals surface area contributed by atoms with E-state index in [0.29, 0.717) is 0 Å². The molecule has 0 atom stereocenters. The monoisotopic (exact) mass is 658 g/mol. The number of fused-ring (bicyclic) bond motifs is 10. The van der Waals surface area contributed by atoms with E-state index in [0.717, 1.165) is 32.9 Å². The summed E-state index contributed by atoms with van der Waals surface area (Å²) in [4.78, 5) is 9.45. The Morgan fingerprint density at radius 3 is 1.69 bits per heavy atom. The largest absolute Gasteiger partial charge is 0.254 e. The smallest absolute Gasteiger partial charge is 0.0964 e. The van der Waals surface area contributed by atoms with Gasteiger partial charge >= 0.3 is 0 Å². The molecule has 2 heterocycles. The fraction of sp³-hybridized carbons (Fsp3) is 0.